The van der Waals surface area contributed by atoms with E-state index in [-0.39, 0.29) is 30.4 Å². The summed E-state index contributed by atoms with van der Waals surface area (Å²) in [6.45, 7) is 0.253. The maximum atomic E-state index is 13.4. The maximum Gasteiger partial charge on any atom is 0.415 e. The summed E-state index contributed by atoms with van der Waals surface area (Å²) in [7, 11) is 1.31. The number of aliphatic hydroxyl groups is 1. The molecule has 3 aromatic carbocycles. The fraction of sp³-hybridized carbons (Fsp3) is 0.382. The summed E-state index contributed by atoms with van der Waals surface area (Å²) in [4.78, 5) is 40.1. The van der Waals surface area contributed by atoms with Crippen molar-refractivity contribution in [1.82, 2.24) is 10.2 Å². The van der Waals surface area contributed by atoms with E-state index in [1.54, 1.807) is 23.1 Å². The van der Waals surface area contributed by atoms with E-state index in [4.69, 9.17) is 9.47 Å². The van der Waals surface area contributed by atoms with Gasteiger partial charge in [-0.25, -0.2) is 9.59 Å². The van der Waals surface area contributed by atoms with Gasteiger partial charge in [0.05, 0.1) is 25.3 Å². The van der Waals surface area contributed by atoms with Gasteiger partial charge in [-0.2, -0.15) is 0 Å². The number of amides is 2. The number of carbonyl (C=O) groups excluding carboxylic acids is 3. The lowest BCUT2D eigenvalue weighted by Crippen LogP contribution is -2.39. The van der Waals surface area contributed by atoms with E-state index < -0.39 is 18.1 Å². The van der Waals surface area contributed by atoms with E-state index in [9.17, 15) is 19.5 Å². The van der Waals surface area contributed by atoms with Crippen LogP contribution in [0, 0.1) is 5.92 Å². The Morgan fingerprint density at radius 1 is 0.929 bits per heavy atom. The van der Waals surface area contributed by atoms with Gasteiger partial charge in [0, 0.05) is 18.5 Å². The number of nitrogens with zero attached hydrogens (tertiary/aromatic N) is 1. The number of esters is 1. The fourth-order valence-corrected chi connectivity index (χ4v) is 5.80. The molecular weight excluding hydrogens is 532 g/mol. The van der Waals surface area contributed by atoms with Crippen molar-refractivity contribution in [3.63, 3.8) is 0 Å². The summed E-state index contributed by atoms with van der Waals surface area (Å²) in [5.74, 6) is -0.295. The van der Waals surface area contributed by atoms with Crippen LogP contribution in [0.15, 0.2) is 78.9 Å². The van der Waals surface area contributed by atoms with Crippen LogP contribution in [0.1, 0.15) is 77.5 Å². The Hall–Kier alpha value is -4.17. The van der Waals surface area contributed by atoms with Crippen molar-refractivity contribution < 1.29 is 29.0 Å². The van der Waals surface area contributed by atoms with Crippen LogP contribution < -0.4 is 10.1 Å². The zero-order valence-corrected chi connectivity index (χ0v) is 23.9. The normalized spacial score (nSPS) is 18.9. The molecule has 220 valence electrons. The molecular formula is C34H38N2O6. The first-order chi connectivity index (χ1) is 20.5. The Kier molecular flexibility index (Phi) is 9.54. The number of nitrogens with one attached hydrogen (secondary N) is 1. The van der Waals surface area contributed by atoms with Crippen molar-refractivity contribution in [1.29, 1.82) is 0 Å². The first-order valence-corrected chi connectivity index (χ1v) is 14.7. The fourth-order valence-electron chi connectivity index (χ4n) is 5.80. The van der Waals surface area contributed by atoms with Crippen molar-refractivity contribution in [3.8, 4) is 5.75 Å². The quantitative estimate of drug-likeness (QED) is 0.300. The number of aliphatic hydroxyl groups excluding tert-OH is 1. The van der Waals surface area contributed by atoms with Crippen molar-refractivity contribution in [2.75, 3.05) is 13.7 Å². The first-order valence-electron chi connectivity index (χ1n) is 14.7. The van der Waals surface area contributed by atoms with Gasteiger partial charge >= 0.3 is 12.1 Å². The molecule has 42 heavy (non-hydrogen) atoms. The second-order valence-electron chi connectivity index (χ2n) is 11.1. The SMILES string of the molecule is COC(=O)c1cccc(OC(=O)N(Cc2ccc([C@H]3CCCC[C@@H]3C(=O)N[C@@H](CO)c3ccccc3)cc2)C2CC2)c1. The Bertz CT molecular complexity index is 1370. The number of hydrogen-bond donors (Lipinski definition) is 2. The van der Waals surface area contributed by atoms with Gasteiger partial charge in [-0.3, -0.25) is 4.79 Å². The molecule has 2 amide bonds. The van der Waals surface area contributed by atoms with Crippen LogP contribution in [0.4, 0.5) is 4.79 Å². The monoisotopic (exact) mass is 570 g/mol. The molecule has 2 saturated carbocycles. The first kappa shape index (κ1) is 29.3. The van der Waals surface area contributed by atoms with Gasteiger partial charge in [0.1, 0.15) is 5.75 Å². The third-order valence-corrected chi connectivity index (χ3v) is 8.25. The predicted molar refractivity (Wildman–Crippen MR) is 158 cm³/mol. The molecule has 3 atom stereocenters. The zero-order chi connectivity index (χ0) is 29.5. The molecule has 0 radical (unpaired) electrons. The van der Waals surface area contributed by atoms with Crippen molar-refractivity contribution in [2.24, 2.45) is 5.92 Å². The molecule has 3 aromatic rings. The molecule has 2 aliphatic carbocycles. The zero-order valence-electron chi connectivity index (χ0n) is 23.9. The highest BCUT2D eigenvalue weighted by atomic mass is 16.6. The Balaban J connectivity index is 1.24. The summed E-state index contributed by atoms with van der Waals surface area (Å²) in [6, 6.07) is 23.9. The molecule has 0 bridgehead atoms. The lowest BCUT2D eigenvalue weighted by Gasteiger charge is -2.32. The molecule has 0 heterocycles. The molecule has 0 aromatic heterocycles. The predicted octanol–water partition coefficient (Wildman–Crippen LogP) is 5.76. The highest BCUT2D eigenvalue weighted by molar-refractivity contribution is 5.90. The molecule has 0 unspecified atom stereocenters. The minimum Gasteiger partial charge on any atom is -0.465 e. The van der Waals surface area contributed by atoms with Gasteiger partial charge in [-0.15, -0.1) is 0 Å². The average molecular weight is 571 g/mol. The minimum atomic E-state index is -0.492. The van der Waals surface area contributed by atoms with Crippen LogP contribution in [-0.4, -0.2) is 47.7 Å². The van der Waals surface area contributed by atoms with Crippen LogP contribution in [0.5, 0.6) is 5.75 Å². The van der Waals surface area contributed by atoms with Crippen LogP contribution in [-0.2, 0) is 16.1 Å². The van der Waals surface area contributed by atoms with Crippen LogP contribution >= 0.6 is 0 Å². The topological polar surface area (TPSA) is 105 Å². The molecule has 8 heteroatoms. The van der Waals surface area contributed by atoms with Gasteiger partial charge in [0.15, 0.2) is 0 Å². The van der Waals surface area contributed by atoms with E-state index in [0.29, 0.717) is 17.9 Å². The van der Waals surface area contributed by atoms with Crippen LogP contribution in [0.25, 0.3) is 0 Å². The molecule has 5 rings (SSSR count). The van der Waals surface area contributed by atoms with Crippen LogP contribution in [0.3, 0.4) is 0 Å². The number of rotatable bonds is 10. The summed E-state index contributed by atoms with van der Waals surface area (Å²) >= 11 is 0. The van der Waals surface area contributed by atoms with E-state index in [1.165, 1.54) is 13.2 Å². The summed E-state index contributed by atoms with van der Waals surface area (Å²) in [6.07, 6.45) is 5.20. The van der Waals surface area contributed by atoms with Gasteiger partial charge in [0.25, 0.3) is 0 Å². The van der Waals surface area contributed by atoms with E-state index >= 15 is 0 Å². The molecule has 2 fully saturated rings. The summed E-state index contributed by atoms with van der Waals surface area (Å²) < 4.78 is 10.4. The average Bonchev–Trinajstić information content (AvgIpc) is 3.88. The number of benzene rings is 3. The summed E-state index contributed by atoms with van der Waals surface area (Å²) in [5.41, 5.74) is 3.30. The minimum absolute atomic E-state index is 0.0226. The molecule has 2 aliphatic rings. The second-order valence-corrected chi connectivity index (χ2v) is 11.1. The number of carbonyl (C=O) groups is 3. The van der Waals surface area contributed by atoms with Crippen molar-refractivity contribution in [2.45, 2.75) is 63.1 Å². The highest BCUT2D eigenvalue weighted by Crippen LogP contribution is 2.39. The molecule has 0 aliphatic heterocycles. The largest absolute Gasteiger partial charge is 0.465 e. The van der Waals surface area contributed by atoms with Gasteiger partial charge in [-0.1, -0.05) is 73.5 Å². The standard InChI is InChI=1S/C34H38N2O6/c1-41-33(39)26-10-7-11-28(20-26)42-34(40)36(27-18-19-27)21-23-14-16-24(17-15-23)29-12-5-6-13-30(29)32(38)35-31(22-37)25-8-3-2-4-9-25/h2-4,7-11,14-17,20,27,29-31,37H,5-6,12-13,18-19,21-22H2,1H3,(H,35,38)/t29-,30+,31+/m1/s1. The third kappa shape index (κ3) is 7.18. The summed E-state index contributed by atoms with van der Waals surface area (Å²) in [5, 5.41) is 13.0. The molecule has 2 N–H and O–H groups in total. The Morgan fingerprint density at radius 2 is 1.67 bits per heavy atom. The van der Waals surface area contributed by atoms with Crippen molar-refractivity contribution in [3.05, 3.63) is 101 Å². The number of hydrogen-bond acceptors (Lipinski definition) is 6. The second kappa shape index (κ2) is 13.7. The van der Waals surface area contributed by atoms with Gasteiger partial charge < -0.3 is 24.8 Å². The smallest absolute Gasteiger partial charge is 0.415 e. The lowest BCUT2D eigenvalue weighted by atomic mass is 9.74. The van der Waals surface area contributed by atoms with Gasteiger partial charge in [-0.05, 0) is 66.5 Å². The van der Waals surface area contributed by atoms with Crippen molar-refractivity contribution >= 4 is 18.0 Å². The Morgan fingerprint density at radius 3 is 2.36 bits per heavy atom. The van der Waals surface area contributed by atoms with Gasteiger partial charge in [0.2, 0.25) is 5.91 Å². The molecule has 0 spiro atoms. The lowest BCUT2D eigenvalue weighted by molar-refractivity contribution is -0.127. The molecule has 8 nitrogen and oxygen atoms in total. The molecule has 0 saturated heterocycles. The van der Waals surface area contributed by atoms with E-state index in [0.717, 1.165) is 55.2 Å². The number of ether oxygens (including phenoxy) is 2. The number of methoxy groups -OCH3 is 1. The highest BCUT2D eigenvalue weighted by Gasteiger charge is 2.35. The van der Waals surface area contributed by atoms with E-state index in [2.05, 4.69) is 17.4 Å². The maximum absolute atomic E-state index is 13.4. The third-order valence-electron chi connectivity index (χ3n) is 8.25. The van der Waals surface area contributed by atoms with Crippen LogP contribution in [0.2, 0.25) is 0 Å². The van der Waals surface area contributed by atoms with E-state index in [1.807, 2.05) is 42.5 Å². The Labute approximate surface area is 246 Å².